The van der Waals surface area contributed by atoms with Gasteiger partial charge in [0.1, 0.15) is 0 Å². The third kappa shape index (κ3) is 4.70. The summed E-state index contributed by atoms with van der Waals surface area (Å²) < 4.78 is 0. The molecule has 18 heavy (non-hydrogen) atoms. The predicted molar refractivity (Wildman–Crippen MR) is 76.9 cm³/mol. The van der Waals surface area contributed by atoms with Gasteiger partial charge in [0.2, 0.25) is 0 Å². The van der Waals surface area contributed by atoms with Crippen LogP contribution in [0.4, 0.5) is 0 Å². The molecule has 0 spiro atoms. The first kappa shape index (κ1) is 15.1. The molecule has 100 valence electrons. The number of rotatable bonds is 6. The van der Waals surface area contributed by atoms with Gasteiger partial charge in [-0.05, 0) is 37.3 Å². The highest BCUT2D eigenvalue weighted by Gasteiger charge is 2.11. The average molecular weight is 267 g/mol. The lowest BCUT2D eigenvalue weighted by Gasteiger charge is -2.18. The molecule has 1 N–H and O–H groups in total. The van der Waals surface area contributed by atoms with Crippen molar-refractivity contribution in [2.24, 2.45) is 0 Å². The van der Waals surface area contributed by atoms with Crippen molar-refractivity contribution in [2.45, 2.75) is 25.2 Å². The molecule has 0 heterocycles. The maximum absolute atomic E-state index is 12.1. The van der Waals surface area contributed by atoms with Crippen LogP contribution in [0.2, 0.25) is 0 Å². The maximum Gasteiger partial charge on any atom is 0.253 e. The maximum atomic E-state index is 12.1. The number of hydrogen-bond acceptors (Lipinski definition) is 3. The Morgan fingerprint density at radius 1 is 1.39 bits per heavy atom. The molecule has 1 rings (SSSR count). The van der Waals surface area contributed by atoms with Crippen molar-refractivity contribution in [1.82, 2.24) is 4.90 Å². The molecule has 0 saturated carbocycles. The second-order valence-corrected chi connectivity index (χ2v) is 5.36. The summed E-state index contributed by atoms with van der Waals surface area (Å²) in [6.07, 6.45) is 2.29. The molecule has 0 aliphatic heterocycles. The van der Waals surface area contributed by atoms with Gasteiger partial charge in [0.15, 0.2) is 0 Å². The van der Waals surface area contributed by atoms with Gasteiger partial charge in [0.05, 0.1) is 6.10 Å². The van der Waals surface area contributed by atoms with E-state index in [1.165, 1.54) is 5.56 Å². The fraction of sp³-hybridized carbons (Fsp3) is 0.500. The number of carbonyl (C=O) groups is 1. The number of aliphatic hydroxyl groups is 1. The van der Waals surface area contributed by atoms with Gasteiger partial charge in [0, 0.05) is 24.9 Å². The van der Waals surface area contributed by atoms with Gasteiger partial charge in [-0.3, -0.25) is 4.79 Å². The third-order valence-corrected chi connectivity index (χ3v) is 3.36. The summed E-state index contributed by atoms with van der Waals surface area (Å²) in [6, 6.07) is 7.72. The van der Waals surface area contributed by atoms with Crippen molar-refractivity contribution in [3.05, 3.63) is 35.4 Å². The molecule has 1 aromatic rings. The minimum Gasteiger partial charge on any atom is -0.393 e. The van der Waals surface area contributed by atoms with Gasteiger partial charge in [-0.15, -0.1) is 0 Å². The molecule has 0 saturated heterocycles. The molecule has 1 atom stereocenters. The van der Waals surface area contributed by atoms with Crippen molar-refractivity contribution >= 4 is 17.7 Å². The largest absolute Gasteiger partial charge is 0.393 e. The summed E-state index contributed by atoms with van der Waals surface area (Å²) in [4.78, 5) is 13.7. The van der Waals surface area contributed by atoms with E-state index in [1.54, 1.807) is 30.6 Å². The Hall–Kier alpha value is -1.00. The zero-order valence-corrected chi connectivity index (χ0v) is 12.0. The average Bonchev–Trinajstić information content (AvgIpc) is 2.36. The minimum absolute atomic E-state index is 0.00588. The van der Waals surface area contributed by atoms with Crippen LogP contribution in [0.3, 0.4) is 0 Å². The van der Waals surface area contributed by atoms with Gasteiger partial charge in [-0.1, -0.05) is 12.1 Å². The van der Waals surface area contributed by atoms with Crippen LogP contribution in [0.25, 0.3) is 0 Å². The van der Waals surface area contributed by atoms with E-state index in [0.717, 1.165) is 5.75 Å². The topological polar surface area (TPSA) is 40.5 Å². The van der Waals surface area contributed by atoms with Crippen LogP contribution < -0.4 is 0 Å². The first-order valence-electron chi connectivity index (χ1n) is 6.06. The van der Waals surface area contributed by atoms with Crippen LogP contribution in [-0.2, 0) is 5.75 Å². The van der Waals surface area contributed by atoms with Gasteiger partial charge >= 0.3 is 0 Å². The Labute approximate surface area is 113 Å². The first-order chi connectivity index (χ1) is 8.54. The lowest BCUT2D eigenvalue weighted by Crippen LogP contribution is -2.29. The number of amides is 1. The molecule has 0 radical (unpaired) electrons. The fourth-order valence-corrected chi connectivity index (χ4v) is 2.14. The molecule has 1 unspecified atom stereocenters. The van der Waals surface area contributed by atoms with E-state index in [0.29, 0.717) is 18.5 Å². The van der Waals surface area contributed by atoms with Gasteiger partial charge in [-0.25, -0.2) is 0 Å². The molecule has 0 aliphatic rings. The van der Waals surface area contributed by atoms with Crippen molar-refractivity contribution in [1.29, 1.82) is 0 Å². The van der Waals surface area contributed by atoms with Crippen molar-refractivity contribution in [3.8, 4) is 0 Å². The number of nitrogens with zero attached hydrogens (tertiary/aromatic N) is 1. The molecule has 1 aromatic carbocycles. The molecule has 0 bridgehead atoms. The zero-order chi connectivity index (χ0) is 13.5. The minimum atomic E-state index is -0.371. The Morgan fingerprint density at radius 2 is 2.00 bits per heavy atom. The molecular weight excluding hydrogens is 246 g/mol. The van der Waals surface area contributed by atoms with Gasteiger partial charge in [-0.2, -0.15) is 11.8 Å². The van der Waals surface area contributed by atoms with E-state index in [2.05, 4.69) is 6.26 Å². The highest BCUT2D eigenvalue weighted by atomic mass is 32.2. The van der Waals surface area contributed by atoms with Crippen LogP contribution >= 0.6 is 11.8 Å². The number of hydrogen-bond donors (Lipinski definition) is 1. The molecule has 0 aliphatic carbocycles. The highest BCUT2D eigenvalue weighted by molar-refractivity contribution is 7.97. The molecule has 0 aromatic heterocycles. The van der Waals surface area contributed by atoms with E-state index < -0.39 is 0 Å². The van der Waals surface area contributed by atoms with Crippen LogP contribution in [0.15, 0.2) is 24.3 Å². The van der Waals surface area contributed by atoms with Crippen molar-refractivity contribution in [3.63, 3.8) is 0 Å². The van der Waals surface area contributed by atoms with E-state index in [4.69, 9.17) is 0 Å². The van der Waals surface area contributed by atoms with Crippen molar-refractivity contribution in [2.75, 3.05) is 19.8 Å². The van der Waals surface area contributed by atoms with Crippen LogP contribution in [0, 0.1) is 0 Å². The molecule has 4 heteroatoms. The molecular formula is C14H21NO2S. The van der Waals surface area contributed by atoms with E-state index in [-0.39, 0.29) is 12.0 Å². The summed E-state index contributed by atoms with van der Waals surface area (Å²) in [7, 11) is 1.76. The monoisotopic (exact) mass is 267 g/mol. The summed E-state index contributed by atoms with van der Waals surface area (Å²) in [6.45, 7) is 2.30. The highest BCUT2D eigenvalue weighted by Crippen LogP contribution is 2.12. The number of carbonyl (C=O) groups excluding carboxylic acids is 1. The van der Waals surface area contributed by atoms with E-state index in [1.807, 2.05) is 24.3 Å². The fourth-order valence-electron chi connectivity index (χ4n) is 1.61. The summed E-state index contributed by atoms with van der Waals surface area (Å²) >= 11 is 1.76. The van der Waals surface area contributed by atoms with Crippen molar-refractivity contribution < 1.29 is 9.90 Å². The second-order valence-electron chi connectivity index (χ2n) is 4.49. The smallest absolute Gasteiger partial charge is 0.253 e. The molecule has 3 nitrogen and oxygen atoms in total. The number of aliphatic hydroxyl groups excluding tert-OH is 1. The predicted octanol–water partition coefficient (Wildman–Crippen LogP) is 2.39. The number of benzene rings is 1. The second kappa shape index (κ2) is 7.44. The summed E-state index contributed by atoms with van der Waals surface area (Å²) in [5.74, 6) is 0.971. The first-order valence-corrected chi connectivity index (χ1v) is 7.45. The lowest BCUT2D eigenvalue weighted by molar-refractivity contribution is 0.0769. The SMILES string of the molecule is CSCc1ccc(C(=O)N(C)CCC(C)O)cc1. The zero-order valence-electron chi connectivity index (χ0n) is 11.2. The van der Waals surface area contributed by atoms with Gasteiger partial charge in [0.25, 0.3) is 5.91 Å². The van der Waals surface area contributed by atoms with E-state index in [9.17, 15) is 9.90 Å². The van der Waals surface area contributed by atoms with Crippen LogP contribution in [-0.4, -0.2) is 41.9 Å². The van der Waals surface area contributed by atoms with Crippen LogP contribution in [0.1, 0.15) is 29.3 Å². The Bertz CT molecular complexity index is 376. The lowest BCUT2D eigenvalue weighted by atomic mass is 10.1. The standard InChI is InChI=1S/C14H21NO2S/c1-11(16)8-9-15(2)14(17)13-6-4-12(5-7-13)10-18-3/h4-7,11,16H,8-10H2,1-3H3. The van der Waals surface area contributed by atoms with E-state index >= 15 is 0 Å². The third-order valence-electron chi connectivity index (χ3n) is 2.74. The Balaban J connectivity index is 2.60. The van der Waals surface area contributed by atoms with Gasteiger partial charge < -0.3 is 10.0 Å². The normalized spacial score (nSPS) is 12.2. The quantitative estimate of drug-likeness (QED) is 0.860. The Kier molecular flexibility index (Phi) is 6.22. The Morgan fingerprint density at radius 3 is 2.50 bits per heavy atom. The number of thioether (sulfide) groups is 1. The summed E-state index contributed by atoms with van der Waals surface area (Å²) in [5.41, 5.74) is 1.93. The molecule has 0 fully saturated rings. The molecule has 1 amide bonds. The summed E-state index contributed by atoms with van der Waals surface area (Å²) in [5, 5.41) is 9.21. The van der Waals surface area contributed by atoms with Crippen LogP contribution in [0.5, 0.6) is 0 Å².